The Morgan fingerprint density at radius 3 is 1.27 bits per heavy atom. The first-order chi connectivity index (χ1) is 25.7. The molecule has 0 amide bonds. The van der Waals surface area contributed by atoms with Gasteiger partial charge in [-0.1, -0.05) is 156 Å². The van der Waals surface area contributed by atoms with Crippen LogP contribution in [0.25, 0.3) is 29.3 Å². The molecular formula is C48H74S4. The Labute approximate surface area is 337 Å². The fourth-order valence-corrected chi connectivity index (χ4v) is 12.4. The number of unbranched alkanes of at least 4 members (excludes halogenated alkanes) is 20. The van der Waals surface area contributed by atoms with Crippen molar-refractivity contribution in [3.8, 4) is 29.3 Å². The van der Waals surface area contributed by atoms with Crippen molar-refractivity contribution < 1.29 is 0 Å². The van der Waals surface area contributed by atoms with Gasteiger partial charge < -0.3 is 0 Å². The number of thiophene rings is 4. The molecule has 4 aromatic rings. The number of hydrogen-bond acceptors (Lipinski definition) is 4. The van der Waals surface area contributed by atoms with Crippen LogP contribution in [0.1, 0.15) is 204 Å². The van der Waals surface area contributed by atoms with E-state index in [0.717, 1.165) is 0 Å². The van der Waals surface area contributed by atoms with Crippen molar-refractivity contribution in [1.82, 2.24) is 0 Å². The van der Waals surface area contributed by atoms with Crippen LogP contribution in [0.2, 0.25) is 0 Å². The molecule has 0 nitrogen and oxygen atoms in total. The maximum atomic E-state index is 2.64. The minimum absolute atomic E-state index is 1.22. The molecule has 0 unspecified atom stereocenters. The molecule has 0 saturated heterocycles. The third-order valence-electron chi connectivity index (χ3n) is 10.9. The van der Waals surface area contributed by atoms with E-state index in [1.807, 2.05) is 22.7 Å². The van der Waals surface area contributed by atoms with Crippen molar-refractivity contribution >= 4 is 45.3 Å². The number of hydrogen-bond donors (Lipinski definition) is 0. The molecule has 0 atom stereocenters. The van der Waals surface area contributed by atoms with Crippen LogP contribution in [-0.4, -0.2) is 0 Å². The molecule has 0 fully saturated rings. The van der Waals surface area contributed by atoms with Gasteiger partial charge in [-0.15, -0.1) is 45.3 Å². The fourth-order valence-electron chi connectivity index (χ4n) is 7.64. The summed E-state index contributed by atoms with van der Waals surface area (Å²) in [5.41, 5.74) is 6.38. The molecule has 52 heavy (non-hydrogen) atoms. The lowest BCUT2D eigenvalue weighted by atomic mass is 10.0. The second-order valence-corrected chi connectivity index (χ2v) is 19.5. The standard InChI is InChI=1S/C48H74S4/c1-5-9-13-17-21-25-29-39-35-43(50-38-39)47-41(31-27-23-19-15-11-7-3)37-45(52-47)48-42(32-28-24-20-16-12-8-4)36-44(51-48)46-40(33-34-49-46)30-26-22-18-14-10-6-2/h33-38H,5-32H2,1-4H3. The van der Waals surface area contributed by atoms with Gasteiger partial charge >= 0.3 is 0 Å². The third kappa shape index (κ3) is 15.1. The Morgan fingerprint density at radius 2 is 0.769 bits per heavy atom. The molecule has 0 bridgehead atoms. The Balaban J connectivity index is 1.57. The molecule has 290 valence electrons. The Hall–Kier alpha value is -1.20. The van der Waals surface area contributed by atoms with Gasteiger partial charge in [0, 0.05) is 29.3 Å². The van der Waals surface area contributed by atoms with E-state index in [-0.39, 0.29) is 0 Å². The quantitative estimate of drug-likeness (QED) is 0.0446. The summed E-state index contributed by atoms with van der Waals surface area (Å²) in [6.07, 6.45) is 37.7. The molecule has 4 aromatic heterocycles. The van der Waals surface area contributed by atoms with Gasteiger partial charge in [0.25, 0.3) is 0 Å². The van der Waals surface area contributed by atoms with Crippen LogP contribution in [0.3, 0.4) is 0 Å². The van der Waals surface area contributed by atoms with Gasteiger partial charge in [0.05, 0.1) is 0 Å². The number of aryl methyl sites for hydroxylation is 4. The van der Waals surface area contributed by atoms with Crippen molar-refractivity contribution in [3.63, 3.8) is 0 Å². The van der Waals surface area contributed by atoms with Gasteiger partial charge in [-0.05, 0) is 109 Å². The summed E-state index contributed by atoms with van der Waals surface area (Å²) >= 11 is 8.22. The zero-order valence-corrected chi connectivity index (χ0v) is 37.2. The molecule has 0 aliphatic rings. The second kappa shape index (κ2) is 26.6. The topological polar surface area (TPSA) is 0 Å². The van der Waals surface area contributed by atoms with Crippen LogP contribution in [0, 0.1) is 0 Å². The van der Waals surface area contributed by atoms with Crippen LogP contribution in [0.15, 0.2) is 35.0 Å². The first-order valence-corrected chi connectivity index (χ1v) is 25.5. The van der Waals surface area contributed by atoms with E-state index in [2.05, 4.69) is 85.4 Å². The molecule has 0 N–H and O–H groups in total. The summed E-state index contributed by atoms with van der Waals surface area (Å²) in [5, 5.41) is 4.83. The van der Waals surface area contributed by atoms with E-state index in [1.165, 1.54) is 194 Å². The first-order valence-electron chi connectivity index (χ1n) is 22.1. The minimum Gasteiger partial charge on any atom is -0.143 e. The van der Waals surface area contributed by atoms with E-state index in [4.69, 9.17) is 0 Å². The van der Waals surface area contributed by atoms with Crippen LogP contribution in [-0.2, 0) is 25.7 Å². The predicted molar refractivity (Wildman–Crippen MR) is 243 cm³/mol. The first kappa shape index (κ1) is 43.5. The SMILES string of the molecule is CCCCCCCCc1csc(-c2sc(-c3sc(-c4sccc4CCCCCCCC)cc3CCCCCCCC)cc2CCCCCCCC)c1. The molecule has 0 spiro atoms. The summed E-state index contributed by atoms with van der Waals surface area (Å²) in [6.45, 7) is 9.28. The molecule has 0 aromatic carbocycles. The van der Waals surface area contributed by atoms with E-state index < -0.39 is 0 Å². The molecular weight excluding hydrogens is 705 g/mol. The lowest BCUT2D eigenvalue weighted by molar-refractivity contribution is 0.607. The molecule has 0 aliphatic carbocycles. The van der Waals surface area contributed by atoms with Gasteiger partial charge in [-0.2, -0.15) is 0 Å². The Bertz CT molecular complexity index is 1460. The van der Waals surface area contributed by atoms with Crippen molar-refractivity contribution in [2.24, 2.45) is 0 Å². The maximum absolute atomic E-state index is 2.64. The molecule has 0 aliphatic heterocycles. The fraction of sp³-hybridized carbons (Fsp3) is 0.667. The van der Waals surface area contributed by atoms with E-state index in [1.54, 1.807) is 36.9 Å². The number of rotatable bonds is 31. The third-order valence-corrected chi connectivity index (χ3v) is 15.7. The zero-order chi connectivity index (χ0) is 36.6. The summed E-state index contributed by atoms with van der Waals surface area (Å²) in [6, 6.07) is 10.3. The van der Waals surface area contributed by atoms with Crippen LogP contribution >= 0.6 is 45.3 Å². The van der Waals surface area contributed by atoms with Crippen molar-refractivity contribution in [2.75, 3.05) is 0 Å². The molecule has 0 saturated carbocycles. The minimum atomic E-state index is 1.22. The van der Waals surface area contributed by atoms with Crippen molar-refractivity contribution in [2.45, 2.75) is 207 Å². The zero-order valence-electron chi connectivity index (χ0n) is 33.9. The van der Waals surface area contributed by atoms with Gasteiger partial charge in [0.15, 0.2) is 0 Å². The second-order valence-electron chi connectivity index (χ2n) is 15.6. The maximum Gasteiger partial charge on any atom is 0.0481 e. The molecule has 4 heteroatoms. The van der Waals surface area contributed by atoms with Gasteiger partial charge in [-0.3, -0.25) is 0 Å². The van der Waals surface area contributed by atoms with Crippen molar-refractivity contribution in [3.05, 3.63) is 57.3 Å². The van der Waals surface area contributed by atoms with E-state index in [0.29, 0.717) is 0 Å². The lowest BCUT2D eigenvalue weighted by Crippen LogP contribution is -1.87. The predicted octanol–water partition coefficient (Wildman–Crippen LogP) is 18.5. The average Bonchev–Trinajstić information content (AvgIpc) is 3.97. The summed E-state index contributed by atoms with van der Waals surface area (Å²) in [4.78, 5) is 9.28. The smallest absolute Gasteiger partial charge is 0.0481 e. The largest absolute Gasteiger partial charge is 0.143 e. The highest BCUT2D eigenvalue weighted by Gasteiger charge is 2.20. The van der Waals surface area contributed by atoms with Gasteiger partial charge in [0.2, 0.25) is 0 Å². The summed E-state index contributed by atoms with van der Waals surface area (Å²) in [7, 11) is 0. The van der Waals surface area contributed by atoms with E-state index >= 15 is 0 Å². The van der Waals surface area contributed by atoms with E-state index in [9.17, 15) is 0 Å². The Morgan fingerprint density at radius 1 is 0.365 bits per heavy atom. The van der Waals surface area contributed by atoms with Crippen LogP contribution in [0.5, 0.6) is 0 Å². The lowest BCUT2D eigenvalue weighted by Gasteiger charge is -2.03. The van der Waals surface area contributed by atoms with Gasteiger partial charge in [-0.25, -0.2) is 0 Å². The monoisotopic (exact) mass is 778 g/mol. The Kier molecular flexibility index (Phi) is 22.2. The van der Waals surface area contributed by atoms with Crippen LogP contribution < -0.4 is 0 Å². The van der Waals surface area contributed by atoms with Gasteiger partial charge in [0.1, 0.15) is 0 Å². The molecule has 0 radical (unpaired) electrons. The summed E-state index contributed by atoms with van der Waals surface area (Å²) in [5.74, 6) is 0. The highest BCUT2D eigenvalue weighted by molar-refractivity contribution is 7.28. The summed E-state index contributed by atoms with van der Waals surface area (Å²) < 4.78 is 0. The molecule has 4 rings (SSSR count). The normalized spacial score (nSPS) is 11.7. The van der Waals surface area contributed by atoms with Crippen molar-refractivity contribution in [1.29, 1.82) is 0 Å². The van der Waals surface area contributed by atoms with Crippen LogP contribution in [0.4, 0.5) is 0 Å². The highest BCUT2D eigenvalue weighted by Crippen LogP contribution is 2.48. The highest BCUT2D eigenvalue weighted by atomic mass is 32.1. The average molecular weight is 779 g/mol. The molecule has 4 heterocycles.